The van der Waals surface area contributed by atoms with Gasteiger partial charge in [-0.3, -0.25) is 9.59 Å². The number of rotatable bonds is 8. The molecule has 0 spiro atoms. The van der Waals surface area contributed by atoms with E-state index in [9.17, 15) is 14.4 Å². The number of esters is 1. The van der Waals surface area contributed by atoms with Gasteiger partial charge in [0.2, 0.25) is 5.91 Å². The Hall–Kier alpha value is -3.15. The highest BCUT2D eigenvalue weighted by atomic mass is 16.5. The topological polar surface area (TPSA) is 84.5 Å². The van der Waals surface area contributed by atoms with Gasteiger partial charge in [0.15, 0.2) is 6.61 Å². The van der Waals surface area contributed by atoms with Gasteiger partial charge in [-0.05, 0) is 49.6 Å². The zero-order valence-corrected chi connectivity index (χ0v) is 15.5. The lowest BCUT2D eigenvalue weighted by Gasteiger charge is -2.14. The number of hydrogen-bond donors (Lipinski definition) is 2. The molecule has 6 heteroatoms. The lowest BCUT2D eigenvalue weighted by Crippen LogP contribution is -2.36. The van der Waals surface area contributed by atoms with Gasteiger partial charge in [0, 0.05) is 18.7 Å². The van der Waals surface area contributed by atoms with Crippen LogP contribution in [0.2, 0.25) is 0 Å². The SMILES string of the molecule is CC(=O)Nc1ccc(C(=O)OCC(=O)N[C@@H](C)CCc2ccccc2)cc1. The molecule has 0 fully saturated rings. The van der Waals surface area contributed by atoms with Crippen LogP contribution in [0.5, 0.6) is 0 Å². The molecule has 0 radical (unpaired) electrons. The quantitative estimate of drug-likeness (QED) is 0.702. The van der Waals surface area contributed by atoms with Crippen molar-refractivity contribution >= 4 is 23.5 Å². The summed E-state index contributed by atoms with van der Waals surface area (Å²) in [6, 6.07) is 16.3. The maximum absolute atomic E-state index is 12.0. The molecule has 0 bridgehead atoms. The molecule has 2 aromatic carbocycles. The number of benzene rings is 2. The van der Waals surface area contributed by atoms with Crippen molar-refractivity contribution < 1.29 is 19.1 Å². The van der Waals surface area contributed by atoms with E-state index in [-0.39, 0.29) is 24.5 Å². The molecule has 0 saturated carbocycles. The third kappa shape index (κ3) is 7.32. The molecule has 0 aliphatic rings. The Balaban J connectivity index is 1.72. The molecule has 2 N–H and O–H groups in total. The van der Waals surface area contributed by atoms with Crippen LogP contribution in [0.3, 0.4) is 0 Å². The molecule has 27 heavy (non-hydrogen) atoms. The summed E-state index contributed by atoms with van der Waals surface area (Å²) in [6.07, 6.45) is 1.66. The standard InChI is InChI=1S/C21H24N2O4/c1-15(8-9-17-6-4-3-5-7-17)22-20(25)14-27-21(26)18-10-12-19(13-11-18)23-16(2)24/h3-7,10-13,15H,8-9,14H2,1-2H3,(H,22,25)(H,23,24)/t15-/m0/s1. The fourth-order valence-corrected chi connectivity index (χ4v) is 2.52. The van der Waals surface area contributed by atoms with E-state index in [0.717, 1.165) is 12.8 Å². The van der Waals surface area contributed by atoms with Crippen molar-refractivity contribution in [2.45, 2.75) is 32.7 Å². The first-order chi connectivity index (χ1) is 12.9. The molecule has 1 atom stereocenters. The summed E-state index contributed by atoms with van der Waals surface area (Å²) in [6.45, 7) is 2.99. The van der Waals surface area contributed by atoms with Gasteiger partial charge in [-0.25, -0.2) is 4.79 Å². The summed E-state index contributed by atoms with van der Waals surface area (Å²) < 4.78 is 5.04. The van der Waals surface area contributed by atoms with Crippen molar-refractivity contribution in [3.8, 4) is 0 Å². The number of ether oxygens (including phenoxy) is 1. The van der Waals surface area contributed by atoms with Gasteiger partial charge >= 0.3 is 5.97 Å². The molecule has 0 saturated heterocycles. The van der Waals surface area contributed by atoms with Crippen LogP contribution in [0, 0.1) is 0 Å². The molecule has 0 heterocycles. The molecule has 0 aromatic heterocycles. The van der Waals surface area contributed by atoms with Crippen LogP contribution in [0.25, 0.3) is 0 Å². The number of aryl methyl sites for hydroxylation is 1. The number of anilines is 1. The molecular weight excluding hydrogens is 344 g/mol. The highest BCUT2D eigenvalue weighted by Gasteiger charge is 2.12. The van der Waals surface area contributed by atoms with E-state index >= 15 is 0 Å². The van der Waals surface area contributed by atoms with Crippen molar-refractivity contribution in [2.75, 3.05) is 11.9 Å². The van der Waals surface area contributed by atoms with Crippen molar-refractivity contribution in [3.63, 3.8) is 0 Å². The average Bonchev–Trinajstić information content (AvgIpc) is 2.65. The number of carbonyl (C=O) groups excluding carboxylic acids is 3. The maximum Gasteiger partial charge on any atom is 0.338 e. The summed E-state index contributed by atoms with van der Waals surface area (Å²) in [4.78, 5) is 34.9. The Morgan fingerprint density at radius 1 is 1.00 bits per heavy atom. The predicted molar refractivity (Wildman–Crippen MR) is 103 cm³/mol. The molecule has 142 valence electrons. The summed E-state index contributed by atoms with van der Waals surface area (Å²) in [5.41, 5.74) is 2.12. The maximum atomic E-state index is 12.0. The zero-order chi connectivity index (χ0) is 19.6. The van der Waals surface area contributed by atoms with Crippen molar-refractivity contribution in [3.05, 3.63) is 65.7 Å². The third-order valence-electron chi connectivity index (χ3n) is 3.89. The molecule has 6 nitrogen and oxygen atoms in total. The van der Waals surface area contributed by atoms with Crippen LogP contribution in [-0.4, -0.2) is 30.4 Å². The van der Waals surface area contributed by atoms with Gasteiger partial charge < -0.3 is 15.4 Å². The highest BCUT2D eigenvalue weighted by Crippen LogP contribution is 2.10. The Labute approximate surface area is 158 Å². The first-order valence-corrected chi connectivity index (χ1v) is 8.82. The Morgan fingerprint density at radius 3 is 2.30 bits per heavy atom. The van der Waals surface area contributed by atoms with Crippen molar-refractivity contribution in [2.24, 2.45) is 0 Å². The van der Waals surface area contributed by atoms with Gasteiger partial charge in [0.25, 0.3) is 5.91 Å². The number of hydrogen-bond acceptors (Lipinski definition) is 4. The van der Waals surface area contributed by atoms with Crippen molar-refractivity contribution in [1.29, 1.82) is 0 Å². The Morgan fingerprint density at radius 2 is 1.67 bits per heavy atom. The lowest BCUT2D eigenvalue weighted by atomic mass is 10.1. The smallest absolute Gasteiger partial charge is 0.338 e. The van der Waals surface area contributed by atoms with Crippen LogP contribution in [0.15, 0.2) is 54.6 Å². The van der Waals surface area contributed by atoms with E-state index < -0.39 is 5.97 Å². The first kappa shape index (κ1) is 20.2. The van der Waals surface area contributed by atoms with E-state index in [1.807, 2.05) is 37.3 Å². The second kappa shape index (κ2) is 10.1. The fourth-order valence-electron chi connectivity index (χ4n) is 2.52. The van der Waals surface area contributed by atoms with Gasteiger partial charge in [-0.1, -0.05) is 30.3 Å². The van der Waals surface area contributed by atoms with Crippen LogP contribution in [0.4, 0.5) is 5.69 Å². The van der Waals surface area contributed by atoms with Crippen molar-refractivity contribution in [1.82, 2.24) is 5.32 Å². The molecule has 0 aliphatic heterocycles. The second-order valence-electron chi connectivity index (χ2n) is 6.33. The Kier molecular flexibility index (Phi) is 7.55. The second-order valence-corrected chi connectivity index (χ2v) is 6.33. The molecule has 2 amide bonds. The minimum absolute atomic E-state index is 0.0200. The molecule has 2 rings (SSSR count). The zero-order valence-electron chi connectivity index (χ0n) is 15.5. The summed E-state index contributed by atoms with van der Waals surface area (Å²) in [7, 11) is 0. The fraction of sp³-hybridized carbons (Fsp3) is 0.286. The van der Waals surface area contributed by atoms with E-state index in [0.29, 0.717) is 11.3 Å². The molecule has 2 aromatic rings. The monoisotopic (exact) mass is 368 g/mol. The van der Waals surface area contributed by atoms with Crippen LogP contribution >= 0.6 is 0 Å². The first-order valence-electron chi connectivity index (χ1n) is 8.82. The van der Waals surface area contributed by atoms with Crippen LogP contribution < -0.4 is 10.6 Å². The van der Waals surface area contributed by atoms with Crippen LogP contribution in [-0.2, 0) is 20.7 Å². The van der Waals surface area contributed by atoms with E-state index in [1.165, 1.54) is 24.6 Å². The van der Waals surface area contributed by atoms with E-state index in [4.69, 9.17) is 4.74 Å². The van der Waals surface area contributed by atoms with Gasteiger partial charge in [0.1, 0.15) is 0 Å². The lowest BCUT2D eigenvalue weighted by molar-refractivity contribution is -0.124. The number of carbonyl (C=O) groups is 3. The van der Waals surface area contributed by atoms with Gasteiger partial charge in [-0.15, -0.1) is 0 Å². The average molecular weight is 368 g/mol. The minimum atomic E-state index is -0.587. The summed E-state index contributed by atoms with van der Waals surface area (Å²) in [5.74, 6) is -1.11. The molecular formula is C21H24N2O4. The van der Waals surface area contributed by atoms with Gasteiger partial charge in [0.05, 0.1) is 5.56 Å². The van der Waals surface area contributed by atoms with E-state index in [2.05, 4.69) is 10.6 Å². The van der Waals surface area contributed by atoms with E-state index in [1.54, 1.807) is 12.1 Å². The predicted octanol–water partition coefficient (Wildman–Crippen LogP) is 2.94. The number of amides is 2. The highest BCUT2D eigenvalue weighted by molar-refractivity contribution is 5.93. The Bertz CT molecular complexity index is 773. The molecule has 0 unspecified atom stereocenters. The largest absolute Gasteiger partial charge is 0.452 e. The normalized spacial score (nSPS) is 11.3. The van der Waals surface area contributed by atoms with Crippen LogP contribution in [0.1, 0.15) is 36.2 Å². The summed E-state index contributed by atoms with van der Waals surface area (Å²) >= 11 is 0. The minimum Gasteiger partial charge on any atom is -0.452 e. The molecule has 0 aliphatic carbocycles. The number of nitrogens with one attached hydrogen (secondary N) is 2. The van der Waals surface area contributed by atoms with Gasteiger partial charge in [-0.2, -0.15) is 0 Å². The summed E-state index contributed by atoms with van der Waals surface area (Å²) in [5, 5.41) is 5.44. The third-order valence-corrected chi connectivity index (χ3v) is 3.89.